The Kier molecular flexibility index (Phi) is 7.64. The molecule has 0 spiro atoms. The Balaban J connectivity index is 1.51. The van der Waals surface area contributed by atoms with Crippen molar-refractivity contribution in [2.24, 2.45) is 5.92 Å². The van der Waals surface area contributed by atoms with Crippen LogP contribution in [0.1, 0.15) is 24.0 Å². The van der Waals surface area contributed by atoms with Crippen LogP contribution in [0, 0.1) is 5.92 Å². The minimum atomic E-state index is -3.40. The first-order valence-corrected chi connectivity index (χ1v) is 11.6. The molecule has 1 aromatic rings. The molecule has 0 radical (unpaired) electrons. The molecule has 2 heterocycles. The predicted octanol–water partition coefficient (Wildman–Crippen LogP) is 0.653. The molecule has 1 N–H and O–H groups in total. The van der Waals surface area contributed by atoms with Crippen molar-refractivity contribution in [2.75, 3.05) is 53.5 Å². The molecular formula is C20H32N4O4S. The Bertz CT molecular complexity index is 785. The molecule has 2 saturated heterocycles. The highest BCUT2D eigenvalue weighted by Crippen LogP contribution is 2.21. The van der Waals surface area contributed by atoms with E-state index >= 15 is 0 Å². The molecule has 2 fully saturated rings. The minimum absolute atomic E-state index is 0.00748. The lowest BCUT2D eigenvalue weighted by molar-refractivity contribution is -0.126. The normalized spacial score (nSPS) is 20.1. The van der Waals surface area contributed by atoms with Gasteiger partial charge < -0.3 is 10.1 Å². The Hall–Kier alpha value is -1.52. The molecule has 2 aliphatic heterocycles. The zero-order chi connectivity index (χ0) is 20.9. The van der Waals surface area contributed by atoms with Crippen LogP contribution in [0.25, 0.3) is 0 Å². The number of carbonyl (C=O) groups is 1. The number of hydrogen-bond acceptors (Lipinski definition) is 5. The van der Waals surface area contributed by atoms with Crippen molar-refractivity contribution < 1.29 is 17.9 Å². The van der Waals surface area contributed by atoms with Crippen LogP contribution in [0.5, 0.6) is 0 Å². The van der Waals surface area contributed by atoms with E-state index in [9.17, 15) is 13.2 Å². The van der Waals surface area contributed by atoms with Crippen LogP contribution in [-0.2, 0) is 32.8 Å². The zero-order valence-electron chi connectivity index (χ0n) is 17.3. The summed E-state index contributed by atoms with van der Waals surface area (Å²) in [6.07, 6.45) is 1.10. The molecule has 1 amide bonds. The molecule has 9 heteroatoms. The number of amides is 1. The average Bonchev–Trinajstić information content (AvgIpc) is 2.73. The first-order valence-electron chi connectivity index (χ1n) is 10.2. The number of rotatable bonds is 7. The summed E-state index contributed by atoms with van der Waals surface area (Å²) in [4.78, 5) is 15.0. The van der Waals surface area contributed by atoms with Gasteiger partial charge in [0.1, 0.15) is 0 Å². The molecule has 1 aromatic carbocycles. The van der Waals surface area contributed by atoms with Gasteiger partial charge in [-0.25, -0.2) is 0 Å². The van der Waals surface area contributed by atoms with E-state index in [1.54, 1.807) is 0 Å². The number of nitrogens with one attached hydrogen (secondary N) is 1. The average molecular weight is 425 g/mol. The summed E-state index contributed by atoms with van der Waals surface area (Å²) in [6.45, 7) is 5.50. The van der Waals surface area contributed by atoms with Gasteiger partial charge in [0.05, 0.1) is 13.2 Å². The summed E-state index contributed by atoms with van der Waals surface area (Å²) in [5, 5.41) is 3.06. The molecule has 29 heavy (non-hydrogen) atoms. The van der Waals surface area contributed by atoms with Crippen LogP contribution in [0.2, 0.25) is 0 Å². The van der Waals surface area contributed by atoms with Crippen molar-refractivity contribution in [3.8, 4) is 0 Å². The van der Waals surface area contributed by atoms with Gasteiger partial charge in [-0.15, -0.1) is 0 Å². The molecule has 0 saturated carbocycles. The van der Waals surface area contributed by atoms with E-state index in [-0.39, 0.29) is 11.8 Å². The molecule has 8 nitrogen and oxygen atoms in total. The summed E-state index contributed by atoms with van der Waals surface area (Å²) in [5.41, 5.74) is 2.35. The van der Waals surface area contributed by atoms with Crippen LogP contribution in [0.3, 0.4) is 0 Å². The zero-order valence-corrected chi connectivity index (χ0v) is 18.2. The second-order valence-corrected chi connectivity index (χ2v) is 9.98. The summed E-state index contributed by atoms with van der Waals surface area (Å²) >= 11 is 0. The van der Waals surface area contributed by atoms with E-state index < -0.39 is 10.2 Å². The van der Waals surface area contributed by atoms with Crippen molar-refractivity contribution in [3.05, 3.63) is 35.4 Å². The van der Waals surface area contributed by atoms with Gasteiger partial charge in [0.2, 0.25) is 5.91 Å². The van der Waals surface area contributed by atoms with Crippen LogP contribution in [0.15, 0.2) is 24.3 Å². The Labute approximate surface area is 174 Å². The van der Waals surface area contributed by atoms with Crippen LogP contribution in [0.4, 0.5) is 0 Å². The molecule has 0 bridgehead atoms. The van der Waals surface area contributed by atoms with Gasteiger partial charge in [-0.3, -0.25) is 9.69 Å². The minimum Gasteiger partial charge on any atom is -0.379 e. The van der Waals surface area contributed by atoms with Crippen LogP contribution >= 0.6 is 0 Å². The smallest absolute Gasteiger partial charge is 0.281 e. The van der Waals surface area contributed by atoms with E-state index in [0.717, 1.165) is 38.4 Å². The molecule has 0 aromatic heterocycles. The molecular weight excluding hydrogens is 392 g/mol. The lowest BCUT2D eigenvalue weighted by atomic mass is 9.97. The van der Waals surface area contributed by atoms with E-state index in [4.69, 9.17) is 4.74 Å². The predicted molar refractivity (Wildman–Crippen MR) is 111 cm³/mol. The summed E-state index contributed by atoms with van der Waals surface area (Å²) < 4.78 is 32.5. The van der Waals surface area contributed by atoms with E-state index in [1.807, 2.05) is 12.1 Å². The third-order valence-electron chi connectivity index (χ3n) is 5.68. The second-order valence-electron chi connectivity index (χ2n) is 7.84. The third-order valence-corrected chi connectivity index (χ3v) is 7.62. The van der Waals surface area contributed by atoms with Crippen molar-refractivity contribution in [1.82, 2.24) is 18.8 Å². The van der Waals surface area contributed by atoms with Crippen LogP contribution in [-0.4, -0.2) is 81.3 Å². The van der Waals surface area contributed by atoms with Crippen molar-refractivity contribution in [3.63, 3.8) is 0 Å². The standard InChI is InChI=1S/C20H32N4O4S/c1-22(2)29(26,27)24-9-7-17(8-10-24)20(25)21-15-18-5-3-4-6-19(18)16-23-11-13-28-14-12-23/h3-6,17H,7-16H2,1-2H3,(H,21,25). The molecule has 0 unspecified atom stereocenters. The van der Waals surface area contributed by atoms with Crippen molar-refractivity contribution in [1.29, 1.82) is 0 Å². The van der Waals surface area contributed by atoms with Gasteiger partial charge in [-0.1, -0.05) is 24.3 Å². The van der Waals surface area contributed by atoms with Gasteiger partial charge >= 0.3 is 0 Å². The maximum atomic E-state index is 12.6. The van der Waals surface area contributed by atoms with Gasteiger partial charge in [0.15, 0.2) is 0 Å². The fourth-order valence-electron chi connectivity index (χ4n) is 3.79. The van der Waals surface area contributed by atoms with Crippen molar-refractivity contribution >= 4 is 16.1 Å². The molecule has 3 rings (SSSR count). The highest BCUT2D eigenvalue weighted by Gasteiger charge is 2.32. The molecule has 0 aliphatic carbocycles. The number of carbonyl (C=O) groups excluding carboxylic acids is 1. The van der Waals surface area contributed by atoms with E-state index in [2.05, 4.69) is 22.3 Å². The Morgan fingerprint density at radius 2 is 1.72 bits per heavy atom. The third kappa shape index (κ3) is 5.76. The van der Waals surface area contributed by atoms with Gasteiger partial charge in [-0.05, 0) is 24.0 Å². The quantitative estimate of drug-likeness (QED) is 0.695. The number of benzene rings is 1. The summed E-state index contributed by atoms with van der Waals surface area (Å²) in [6, 6.07) is 8.20. The van der Waals surface area contributed by atoms with E-state index in [1.165, 1.54) is 28.3 Å². The number of ether oxygens (including phenoxy) is 1. The highest BCUT2D eigenvalue weighted by atomic mass is 32.2. The SMILES string of the molecule is CN(C)S(=O)(=O)N1CCC(C(=O)NCc2ccccc2CN2CCOCC2)CC1. The fraction of sp³-hybridized carbons (Fsp3) is 0.650. The van der Waals surface area contributed by atoms with Gasteiger partial charge in [-0.2, -0.15) is 17.0 Å². The highest BCUT2D eigenvalue weighted by molar-refractivity contribution is 7.86. The summed E-state index contributed by atoms with van der Waals surface area (Å²) in [5.74, 6) is -0.136. The number of nitrogens with zero attached hydrogens (tertiary/aromatic N) is 3. The lowest BCUT2D eigenvalue weighted by Crippen LogP contribution is -2.46. The number of hydrogen-bond donors (Lipinski definition) is 1. The topological polar surface area (TPSA) is 82.2 Å². The monoisotopic (exact) mass is 424 g/mol. The second kappa shape index (κ2) is 9.99. The Morgan fingerprint density at radius 3 is 2.34 bits per heavy atom. The van der Waals surface area contributed by atoms with Gasteiger partial charge in [0.25, 0.3) is 10.2 Å². The lowest BCUT2D eigenvalue weighted by Gasteiger charge is -2.32. The molecule has 2 aliphatic rings. The van der Waals surface area contributed by atoms with Gasteiger partial charge in [0, 0.05) is 59.3 Å². The Morgan fingerprint density at radius 1 is 1.10 bits per heavy atom. The first kappa shape index (κ1) is 22.2. The molecule has 162 valence electrons. The largest absolute Gasteiger partial charge is 0.379 e. The maximum absolute atomic E-state index is 12.6. The maximum Gasteiger partial charge on any atom is 0.281 e. The van der Waals surface area contributed by atoms with Crippen LogP contribution < -0.4 is 5.32 Å². The fourth-order valence-corrected chi connectivity index (χ4v) is 4.92. The first-order chi connectivity index (χ1) is 13.9. The molecule has 0 atom stereocenters. The van der Waals surface area contributed by atoms with E-state index in [0.29, 0.717) is 32.5 Å². The summed E-state index contributed by atoms with van der Waals surface area (Å²) in [7, 11) is -0.342. The number of piperidine rings is 1. The van der Waals surface area contributed by atoms with Crippen molar-refractivity contribution in [2.45, 2.75) is 25.9 Å². The number of morpholine rings is 1.